The topological polar surface area (TPSA) is 50.4 Å². The average Bonchev–Trinajstić information content (AvgIpc) is 3.06. The zero-order valence-electron chi connectivity index (χ0n) is 13.2. The Morgan fingerprint density at radius 3 is 2.70 bits per heavy atom. The Morgan fingerprint density at radius 2 is 1.91 bits per heavy atom. The largest absolute Gasteiger partial charge is 0.370 e. The van der Waals surface area contributed by atoms with Crippen molar-refractivity contribution < 1.29 is 0 Å². The van der Waals surface area contributed by atoms with E-state index in [2.05, 4.69) is 53.6 Å². The number of rotatable bonds is 3. The third-order valence-electron chi connectivity index (χ3n) is 5.00. The summed E-state index contributed by atoms with van der Waals surface area (Å²) in [6.45, 7) is 2.90. The van der Waals surface area contributed by atoms with E-state index in [-0.39, 0.29) is 24.0 Å². The highest BCUT2D eigenvalue weighted by Crippen LogP contribution is 2.61. The molecule has 4 rings (SSSR count). The van der Waals surface area contributed by atoms with Crippen LogP contribution in [0.3, 0.4) is 0 Å². The van der Waals surface area contributed by atoms with E-state index in [9.17, 15) is 0 Å². The fraction of sp³-hybridized carbons (Fsp3) is 0.316. The SMILES string of the molecule is Cc1ccc(NC(N)=NCC2C3Cc4ccccc4C23)cc1.I. The van der Waals surface area contributed by atoms with Gasteiger partial charge in [0.15, 0.2) is 5.96 Å². The van der Waals surface area contributed by atoms with E-state index in [1.807, 2.05) is 12.1 Å². The van der Waals surface area contributed by atoms with Crippen molar-refractivity contribution in [1.82, 2.24) is 0 Å². The molecule has 23 heavy (non-hydrogen) atoms. The summed E-state index contributed by atoms with van der Waals surface area (Å²) in [4.78, 5) is 4.54. The number of nitrogens with two attached hydrogens (primary N) is 1. The van der Waals surface area contributed by atoms with Crippen LogP contribution in [0.1, 0.15) is 22.6 Å². The van der Waals surface area contributed by atoms with E-state index >= 15 is 0 Å². The lowest BCUT2D eigenvalue weighted by Crippen LogP contribution is -2.23. The Balaban J connectivity index is 0.00000156. The number of hydrogen-bond donors (Lipinski definition) is 2. The first-order valence-electron chi connectivity index (χ1n) is 7.94. The number of guanidine groups is 1. The summed E-state index contributed by atoms with van der Waals surface area (Å²) in [6, 6.07) is 17.0. The maximum Gasteiger partial charge on any atom is 0.193 e. The number of nitrogens with zero attached hydrogens (tertiary/aromatic N) is 1. The number of fused-ring (bicyclic) bond motifs is 3. The number of nitrogens with one attached hydrogen (secondary N) is 1. The first kappa shape index (κ1) is 16.3. The summed E-state index contributed by atoms with van der Waals surface area (Å²) >= 11 is 0. The van der Waals surface area contributed by atoms with Crippen LogP contribution in [0.5, 0.6) is 0 Å². The molecule has 0 radical (unpaired) electrons. The Kier molecular flexibility index (Phi) is 4.62. The lowest BCUT2D eigenvalue weighted by molar-refractivity contribution is 0.701. The van der Waals surface area contributed by atoms with E-state index in [4.69, 9.17) is 5.73 Å². The minimum Gasteiger partial charge on any atom is -0.370 e. The quantitative estimate of drug-likeness (QED) is 0.450. The average molecular weight is 419 g/mol. The molecule has 0 heterocycles. The molecule has 2 aromatic rings. The van der Waals surface area contributed by atoms with Gasteiger partial charge in [0.25, 0.3) is 0 Å². The van der Waals surface area contributed by atoms with Gasteiger partial charge in [0, 0.05) is 12.2 Å². The highest BCUT2D eigenvalue weighted by atomic mass is 127. The summed E-state index contributed by atoms with van der Waals surface area (Å²) in [7, 11) is 0. The van der Waals surface area contributed by atoms with Gasteiger partial charge in [-0.3, -0.25) is 4.99 Å². The lowest BCUT2D eigenvalue weighted by Gasteiger charge is -2.07. The minimum absolute atomic E-state index is 0. The van der Waals surface area contributed by atoms with E-state index in [0.717, 1.165) is 18.2 Å². The Morgan fingerprint density at radius 1 is 1.17 bits per heavy atom. The van der Waals surface area contributed by atoms with Crippen molar-refractivity contribution in [2.75, 3.05) is 11.9 Å². The van der Waals surface area contributed by atoms with Crippen LogP contribution in [0.4, 0.5) is 5.69 Å². The van der Waals surface area contributed by atoms with Gasteiger partial charge >= 0.3 is 0 Å². The first-order valence-corrected chi connectivity index (χ1v) is 7.94. The normalized spacial score (nSPS) is 24.4. The van der Waals surface area contributed by atoms with Crippen LogP contribution >= 0.6 is 24.0 Å². The Labute approximate surface area is 154 Å². The van der Waals surface area contributed by atoms with Gasteiger partial charge in [0.1, 0.15) is 0 Å². The van der Waals surface area contributed by atoms with Gasteiger partial charge in [0.2, 0.25) is 0 Å². The summed E-state index contributed by atoms with van der Waals surface area (Å²) in [5.74, 6) is 2.69. The highest BCUT2D eigenvalue weighted by Gasteiger charge is 2.54. The third kappa shape index (κ3) is 3.22. The van der Waals surface area contributed by atoms with Crippen molar-refractivity contribution in [3.05, 3.63) is 65.2 Å². The van der Waals surface area contributed by atoms with Crippen LogP contribution in [0.25, 0.3) is 0 Å². The van der Waals surface area contributed by atoms with Crippen molar-refractivity contribution in [2.24, 2.45) is 22.6 Å². The van der Waals surface area contributed by atoms with Crippen LogP contribution in [-0.2, 0) is 6.42 Å². The van der Waals surface area contributed by atoms with E-state index in [1.54, 1.807) is 0 Å². The van der Waals surface area contributed by atoms with Crippen LogP contribution in [-0.4, -0.2) is 12.5 Å². The molecule has 3 atom stereocenters. The molecule has 3 unspecified atom stereocenters. The molecule has 0 aromatic heterocycles. The van der Waals surface area contributed by atoms with Gasteiger partial charge in [-0.1, -0.05) is 42.0 Å². The maximum absolute atomic E-state index is 6.00. The molecule has 3 nitrogen and oxygen atoms in total. The summed E-state index contributed by atoms with van der Waals surface area (Å²) in [5, 5.41) is 3.16. The molecule has 0 aliphatic heterocycles. The van der Waals surface area contributed by atoms with Crippen LogP contribution in [0.2, 0.25) is 0 Å². The van der Waals surface area contributed by atoms with E-state index in [1.165, 1.54) is 23.1 Å². The molecule has 2 aliphatic carbocycles. The molecule has 1 saturated carbocycles. The molecular formula is C19H22IN3. The van der Waals surface area contributed by atoms with Crippen molar-refractivity contribution in [3.63, 3.8) is 0 Å². The zero-order valence-corrected chi connectivity index (χ0v) is 15.5. The van der Waals surface area contributed by atoms with Crippen molar-refractivity contribution in [1.29, 1.82) is 0 Å². The van der Waals surface area contributed by atoms with Crippen LogP contribution in [0, 0.1) is 18.8 Å². The molecule has 0 saturated heterocycles. The molecule has 0 spiro atoms. The smallest absolute Gasteiger partial charge is 0.193 e. The van der Waals surface area contributed by atoms with Gasteiger partial charge in [0.05, 0.1) is 0 Å². The molecular weight excluding hydrogens is 397 g/mol. The van der Waals surface area contributed by atoms with E-state index in [0.29, 0.717) is 17.8 Å². The number of aryl methyl sites for hydroxylation is 1. The Hall–Kier alpha value is -1.56. The Bertz CT molecular complexity index is 724. The number of benzene rings is 2. The molecule has 2 aliphatic rings. The number of hydrogen-bond acceptors (Lipinski definition) is 1. The lowest BCUT2D eigenvalue weighted by atomic mass is 10.0. The highest BCUT2D eigenvalue weighted by molar-refractivity contribution is 14.0. The van der Waals surface area contributed by atoms with Gasteiger partial charge < -0.3 is 11.1 Å². The number of aliphatic imine (C=N–C) groups is 1. The summed E-state index contributed by atoms with van der Waals surface area (Å²) < 4.78 is 0. The minimum atomic E-state index is 0. The second kappa shape index (κ2) is 6.51. The monoisotopic (exact) mass is 419 g/mol. The zero-order chi connectivity index (χ0) is 15.1. The fourth-order valence-electron chi connectivity index (χ4n) is 3.76. The fourth-order valence-corrected chi connectivity index (χ4v) is 3.76. The van der Waals surface area contributed by atoms with Gasteiger partial charge in [-0.25, -0.2) is 0 Å². The summed E-state index contributed by atoms with van der Waals surface area (Å²) in [6.07, 6.45) is 1.21. The van der Waals surface area contributed by atoms with Gasteiger partial charge in [-0.05, 0) is 54.4 Å². The predicted molar refractivity (Wildman–Crippen MR) is 107 cm³/mol. The molecule has 3 N–H and O–H groups in total. The first-order chi connectivity index (χ1) is 10.7. The van der Waals surface area contributed by atoms with E-state index < -0.39 is 0 Å². The molecule has 0 amide bonds. The standard InChI is InChI=1S/C19H21N3.HI/c1-12-6-8-14(9-7-12)22-19(20)21-11-17-16-10-13-4-2-3-5-15(13)18(16)17;/h2-9,16-18H,10-11H2,1H3,(H3,20,21,22);1H. The molecule has 0 bridgehead atoms. The molecule has 1 fully saturated rings. The van der Waals surface area contributed by atoms with Crippen LogP contribution in [0.15, 0.2) is 53.5 Å². The second-order valence-electron chi connectivity index (χ2n) is 6.47. The van der Waals surface area contributed by atoms with Crippen molar-refractivity contribution >= 4 is 35.6 Å². The molecule has 4 heteroatoms. The van der Waals surface area contributed by atoms with Gasteiger partial charge in [-0.15, -0.1) is 24.0 Å². The third-order valence-corrected chi connectivity index (χ3v) is 5.00. The molecule has 120 valence electrons. The molecule has 2 aromatic carbocycles. The van der Waals surface area contributed by atoms with Gasteiger partial charge in [-0.2, -0.15) is 0 Å². The number of halogens is 1. The number of anilines is 1. The maximum atomic E-state index is 6.00. The predicted octanol–water partition coefficient (Wildman–Crippen LogP) is 3.93. The summed E-state index contributed by atoms with van der Waals surface area (Å²) in [5.41, 5.74) is 11.3. The van der Waals surface area contributed by atoms with Crippen molar-refractivity contribution in [3.8, 4) is 0 Å². The second-order valence-corrected chi connectivity index (χ2v) is 6.47. The van der Waals surface area contributed by atoms with Crippen molar-refractivity contribution in [2.45, 2.75) is 19.3 Å². The van der Waals surface area contributed by atoms with Crippen LogP contribution < -0.4 is 11.1 Å².